The van der Waals surface area contributed by atoms with Crippen molar-refractivity contribution in [2.75, 3.05) is 5.32 Å². The standard InChI is InChI=1S/C20H15F2N3O3S/c1-11-18(12-6-7-13(21)14(22)10-12)24-19(29-11)23-17(26)8-9-25-15-4-2-3-5-16(15)28-20(25)27/h2-7,10H,8-9H2,1H3,(H,23,24,26). The number of carbonyl (C=O) groups is 1. The van der Waals surface area contributed by atoms with Crippen molar-refractivity contribution >= 4 is 33.5 Å². The Balaban J connectivity index is 1.47. The molecule has 2 aromatic carbocycles. The number of fused-ring (bicyclic) bond motifs is 1. The van der Waals surface area contributed by atoms with E-state index >= 15 is 0 Å². The summed E-state index contributed by atoms with van der Waals surface area (Å²) in [6, 6.07) is 10.5. The minimum Gasteiger partial charge on any atom is -0.408 e. The average Bonchev–Trinajstić information content (AvgIpc) is 3.21. The molecule has 6 nitrogen and oxygen atoms in total. The van der Waals surface area contributed by atoms with Gasteiger partial charge >= 0.3 is 5.76 Å². The Hall–Kier alpha value is -3.33. The number of hydrogen-bond donors (Lipinski definition) is 1. The molecule has 0 saturated carbocycles. The summed E-state index contributed by atoms with van der Waals surface area (Å²) in [4.78, 5) is 29.3. The molecule has 0 aliphatic heterocycles. The number of carbonyl (C=O) groups excluding carboxylic acids is 1. The molecule has 0 atom stereocenters. The zero-order valence-corrected chi connectivity index (χ0v) is 16.1. The Kier molecular flexibility index (Phi) is 4.98. The molecule has 4 rings (SSSR count). The molecule has 0 aliphatic carbocycles. The molecular formula is C20H15F2N3O3S. The highest BCUT2D eigenvalue weighted by molar-refractivity contribution is 7.16. The summed E-state index contributed by atoms with van der Waals surface area (Å²) in [6.07, 6.45) is 0.0442. The minimum atomic E-state index is -0.960. The second-order valence-electron chi connectivity index (χ2n) is 6.34. The Bertz CT molecular complexity index is 1280. The zero-order chi connectivity index (χ0) is 20.5. The highest BCUT2D eigenvalue weighted by Gasteiger charge is 2.15. The molecule has 0 spiro atoms. The summed E-state index contributed by atoms with van der Waals surface area (Å²) in [6.45, 7) is 1.93. The van der Waals surface area contributed by atoms with Crippen molar-refractivity contribution < 1.29 is 18.0 Å². The average molecular weight is 415 g/mol. The van der Waals surface area contributed by atoms with E-state index in [0.29, 0.717) is 27.5 Å². The second kappa shape index (κ2) is 7.59. The van der Waals surface area contributed by atoms with Gasteiger partial charge in [0.2, 0.25) is 5.91 Å². The smallest absolute Gasteiger partial charge is 0.408 e. The van der Waals surface area contributed by atoms with E-state index in [9.17, 15) is 18.4 Å². The molecule has 4 aromatic rings. The van der Waals surface area contributed by atoms with Gasteiger partial charge in [0.25, 0.3) is 0 Å². The van der Waals surface area contributed by atoms with Crippen molar-refractivity contribution in [2.24, 2.45) is 0 Å². The molecule has 9 heteroatoms. The molecule has 148 valence electrons. The molecule has 1 N–H and O–H groups in total. The predicted molar refractivity (Wildman–Crippen MR) is 106 cm³/mol. The monoisotopic (exact) mass is 415 g/mol. The maximum Gasteiger partial charge on any atom is 0.419 e. The first-order valence-corrected chi connectivity index (χ1v) is 9.55. The molecule has 0 unspecified atom stereocenters. The van der Waals surface area contributed by atoms with Crippen molar-refractivity contribution in [2.45, 2.75) is 19.9 Å². The van der Waals surface area contributed by atoms with Crippen LogP contribution in [0.3, 0.4) is 0 Å². The highest BCUT2D eigenvalue weighted by atomic mass is 32.1. The number of nitrogens with zero attached hydrogens (tertiary/aromatic N) is 2. The summed E-state index contributed by atoms with van der Waals surface area (Å²) >= 11 is 1.23. The maximum absolute atomic E-state index is 13.5. The summed E-state index contributed by atoms with van der Waals surface area (Å²) in [5, 5.41) is 3.03. The molecule has 1 amide bonds. The van der Waals surface area contributed by atoms with Gasteiger partial charge in [-0.1, -0.05) is 12.1 Å². The number of rotatable bonds is 5. The number of para-hydroxylation sites is 2. The fourth-order valence-corrected chi connectivity index (χ4v) is 3.83. The number of oxazole rings is 1. The Labute approximate surface area is 167 Å². The van der Waals surface area contributed by atoms with Crippen LogP contribution in [-0.4, -0.2) is 15.5 Å². The third kappa shape index (κ3) is 3.81. The number of halogens is 2. The van der Waals surface area contributed by atoms with E-state index in [2.05, 4.69) is 10.3 Å². The predicted octanol–water partition coefficient (Wildman–Crippen LogP) is 4.33. The van der Waals surface area contributed by atoms with Crippen molar-refractivity contribution in [3.8, 4) is 11.3 Å². The van der Waals surface area contributed by atoms with Crippen LogP contribution in [-0.2, 0) is 11.3 Å². The van der Waals surface area contributed by atoms with Gasteiger partial charge in [-0.3, -0.25) is 9.36 Å². The van der Waals surface area contributed by atoms with E-state index in [1.54, 1.807) is 31.2 Å². The fourth-order valence-electron chi connectivity index (χ4n) is 2.98. The van der Waals surface area contributed by atoms with E-state index < -0.39 is 17.4 Å². The lowest BCUT2D eigenvalue weighted by Gasteiger charge is -2.03. The lowest BCUT2D eigenvalue weighted by Crippen LogP contribution is -2.19. The van der Waals surface area contributed by atoms with Gasteiger partial charge in [0, 0.05) is 23.4 Å². The Morgan fingerprint density at radius 1 is 1.21 bits per heavy atom. The summed E-state index contributed by atoms with van der Waals surface area (Å²) < 4.78 is 33.2. The molecule has 2 aromatic heterocycles. The maximum atomic E-state index is 13.5. The van der Waals surface area contributed by atoms with Gasteiger partial charge in [-0.15, -0.1) is 11.3 Å². The summed E-state index contributed by atoms with van der Waals surface area (Å²) in [5.41, 5.74) is 1.98. The van der Waals surface area contributed by atoms with Crippen LogP contribution in [0.4, 0.5) is 13.9 Å². The third-order valence-electron chi connectivity index (χ3n) is 4.37. The van der Waals surface area contributed by atoms with Gasteiger partial charge in [0.05, 0.1) is 11.2 Å². The SMILES string of the molecule is Cc1sc(NC(=O)CCn2c(=O)oc3ccccc32)nc1-c1ccc(F)c(F)c1. The van der Waals surface area contributed by atoms with Crippen LogP contribution in [0.25, 0.3) is 22.4 Å². The molecule has 2 heterocycles. The lowest BCUT2D eigenvalue weighted by molar-refractivity contribution is -0.116. The summed E-state index contributed by atoms with van der Waals surface area (Å²) in [5.74, 6) is -2.74. The quantitative estimate of drug-likeness (QED) is 0.526. The van der Waals surface area contributed by atoms with Crippen LogP contribution in [0.1, 0.15) is 11.3 Å². The number of nitrogens with one attached hydrogen (secondary N) is 1. The third-order valence-corrected chi connectivity index (χ3v) is 5.26. The number of aromatic nitrogens is 2. The van der Waals surface area contributed by atoms with Gasteiger partial charge < -0.3 is 9.73 Å². The van der Waals surface area contributed by atoms with Crippen LogP contribution < -0.4 is 11.1 Å². The Morgan fingerprint density at radius 2 is 2.00 bits per heavy atom. The van der Waals surface area contributed by atoms with Crippen molar-refractivity contribution in [1.29, 1.82) is 0 Å². The minimum absolute atomic E-state index is 0.0442. The first-order valence-electron chi connectivity index (χ1n) is 8.73. The van der Waals surface area contributed by atoms with Crippen LogP contribution in [0.15, 0.2) is 51.7 Å². The number of benzene rings is 2. The van der Waals surface area contributed by atoms with Crippen LogP contribution >= 0.6 is 11.3 Å². The second-order valence-corrected chi connectivity index (χ2v) is 7.54. The molecule has 29 heavy (non-hydrogen) atoms. The largest absolute Gasteiger partial charge is 0.419 e. The lowest BCUT2D eigenvalue weighted by atomic mass is 10.1. The van der Waals surface area contributed by atoms with E-state index in [4.69, 9.17) is 4.42 Å². The molecule has 0 bridgehead atoms. The molecular weight excluding hydrogens is 400 g/mol. The number of aryl methyl sites for hydroxylation is 2. The van der Waals surface area contributed by atoms with Crippen molar-refractivity contribution in [3.05, 3.63) is 69.5 Å². The van der Waals surface area contributed by atoms with Crippen molar-refractivity contribution in [3.63, 3.8) is 0 Å². The van der Waals surface area contributed by atoms with Gasteiger partial charge in [0.15, 0.2) is 22.3 Å². The zero-order valence-electron chi connectivity index (χ0n) is 15.2. The van der Waals surface area contributed by atoms with E-state index in [1.165, 1.54) is 22.0 Å². The molecule has 0 fully saturated rings. The van der Waals surface area contributed by atoms with Crippen LogP contribution in [0.2, 0.25) is 0 Å². The first-order chi connectivity index (χ1) is 13.9. The van der Waals surface area contributed by atoms with Crippen molar-refractivity contribution in [1.82, 2.24) is 9.55 Å². The van der Waals surface area contributed by atoms with Gasteiger partial charge in [0.1, 0.15) is 0 Å². The molecule has 0 aliphatic rings. The Morgan fingerprint density at radius 3 is 2.79 bits per heavy atom. The summed E-state index contributed by atoms with van der Waals surface area (Å²) in [7, 11) is 0. The van der Waals surface area contributed by atoms with E-state index in [0.717, 1.165) is 17.0 Å². The van der Waals surface area contributed by atoms with Crippen LogP contribution in [0, 0.1) is 18.6 Å². The van der Waals surface area contributed by atoms with Gasteiger partial charge in [-0.05, 0) is 37.3 Å². The molecule has 0 saturated heterocycles. The number of amides is 1. The normalized spacial score (nSPS) is 11.1. The van der Waals surface area contributed by atoms with Crippen LogP contribution in [0.5, 0.6) is 0 Å². The van der Waals surface area contributed by atoms with E-state index in [1.807, 2.05) is 0 Å². The number of thiazole rings is 1. The van der Waals surface area contributed by atoms with E-state index in [-0.39, 0.29) is 18.9 Å². The van der Waals surface area contributed by atoms with Gasteiger partial charge in [-0.2, -0.15) is 0 Å². The first kappa shape index (κ1) is 19.0. The number of hydrogen-bond acceptors (Lipinski definition) is 5. The highest BCUT2D eigenvalue weighted by Crippen LogP contribution is 2.31. The number of anilines is 1. The molecule has 0 radical (unpaired) electrons. The fraction of sp³-hybridized carbons (Fsp3) is 0.150. The topological polar surface area (TPSA) is 77.1 Å². The van der Waals surface area contributed by atoms with Gasteiger partial charge in [-0.25, -0.2) is 18.6 Å².